The van der Waals surface area contributed by atoms with Crippen molar-refractivity contribution in [2.45, 2.75) is 13.0 Å². The topological polar surface area (TPSA) is 44.0 Å². The van der Waals surface area contributed by atoms with Crippen LogP contribution in [0, 0.1) is 11.3 Å². The van der Waals surface area contributed by atoms with Crippen LogP contribution in [0.15, 0.2) is 42.0 Å². The number of benzene rings is 1. The first-order valence-electron chi connectivity index (χ1n) is 4.05. The van der Waals surface area contributed by atoms with Crippen LogP contribution >= 0.6 is 0 Å². The maximum atomic E-state index is 9.70. The van der Waals surface area contributed by atoms with Gasteiger partial charge in [0.1, 0.15) is 6.10 Å². The van der Waals surface area contributed by atoms with Crippen molar-refractivity contribution in [2.75, 3.05) is 0 Å². The molecule has 1 rings (SSSR count). The Balaban J connectivity index is 2.87. The molecular formula is C11H11NO. The molecule has 0 radical (unpaired) electrons. The number of hydrogen-bond donors (Lipinski definition) is 1. The summed E-state index contributed by atoms with van der Waals surface area (Å²) in [5, 5.41) is 18.1. The summed E-state index contributed by atoms with van der Waals surface area (Å²) >= 11 is 0. The second-order valence-electron chi connectivity index (χ2n) is 2.83. The van der Waals surface area contributed by atoms with Crippen LogP contribution < -0.4 is 0 Å². The second kappa shape index (κ2) is 4.44. The van der Waals surface area contributed by atoms with Crippen LogP contribution in [0.3, 0.4) is 0 Å². The third-order valence-electron chi connectivity index (χ3n) is 1.84. The van der Waals surface area contributed by atoms with Gasteiger partial charge in [-0.2, -0.15) is 5.26 Å². The fourth-order valence-corrected chi connectivity index (χ4v) is 1.08. The van der Waals surface area contributed by atoms with Crippen LogP contribution in [0.4, 0.5) is 0 Å². The van der Waals surface area contributed by atoms with Gasteiger partial charge in [-0.05, 0) is 18.1 Å². The van der Waals surface area contributed by atoms with Gasteiger partial charge in [-0.25, -0.2) is 0 Å². The van der Waals surface area contributed by atoms with E-state index in [9.17, 15) is 5.11 Å². The number of allylic oxidation sites excluding steroid dienone is 1. The Kier molecular flexibility index (Phi) is 3.24. The molecule has 1 N–H and O–H groups in total. The first-order valence-corrected chi connectivity index (χ1v) is 4.05. The lowest BCUT2D eigenvalue weighted by Crippen LogP contribution is -1.97. The zero-order valence-corrected chi connectivity index (χ0v) is 7.44. The second-order valence-corrected chi connectivity index (χ2v) is 2.83. The largest absolute Gasteiger partial charge is 0.384 e. The third-order valence-corrected chi connectivity index (χ3v) is 1.84. The van der Waals surface area contributed by atoms with Gasteiger partial charge in [0.15, 0.2) is 0 Å². The van der Waals surface area contributed by atoms with Crippen molar-refractivity contribution in [3.63, 3.8) is 0 Å². The Morgan fingerprint density at radius 2 is 2.08 bits per heavy atom. The summed E-state index contributed by atoms with van der Waals surface area (Å²) in [5.41, 5.74) is 1.47. The number of nitrogens with zero attached hydrogens (tertiary/aromatic N) is 1. The van der Waals surface area contributed by atoms with E-state index in [1.165, 1.54) is 6.08 Å². The lowest BCUT2D eigenvalue weighted by molar-refractivity contribution is 0.216. The van der Waals surface area contributed by atoms with Gasteiger partial charge >= 0.3 is 0 Å². The zero-order valence-electron chi connectivity index (χ0n) is 7.44. The summed E-state index contributed by atoms with van der Waals surface area (Å²) in [5.74, 6) is 0. The third kappa shape index (κ3) is 2.43. The SMILES string of the molecule is C/C(=C\C#N)C(O)c1ccccc1. The molecule has 0 aliphatic heterocycles. The lowest BCUT2D eigenvalue weighted by Gasteiger charge is -2.09. The molecular weight excluding hydrogens is 162 g/mol. The van der Waals surface area contributed by atoms with Crippen molar-refractivity contribution in [2.24, 2.45) is 0 Å². The van der Waals surface area contributed by atoms with Crippen LogP contribution in [-0.4, -0.2) is 5.11 Å². The Hall–Kier alpha value is -1.59. The molecule has 0 amide bonds. The first-order chi connectivity index (χ1) is 6.25. The van der Waals surface area contributed by atoms with E-state index in [2.05, 4.69) is 0 Å². The molecule has 0 aliphatic carbocycles. The van der Waals surface area contributed by atoms with E-state index in [-0.39, 0.29) is 0 Å². The summed E-state index contributed by atoms with van der Waals surface area (Å²) in [4.78, 5) is 0. The highest BCUT2D eigenvalue weighted by atomic mass is 16.3. The molecule has 1 unspecified atom stereocenters. The molecule has 66 valence electrons. The molecule has 13 heavy (non-hydrogen) atoms. The highest BCUT2D eigenvalue weighted by Gasteiger charge is 2.07. The van der Waals surface area contributed by atoms with Crippen molar-refractivity contribution in [1.29, 1.82) is 5.26 Å². The van der Waals surface area contributed by atoms with Crippen molar-refractivity contribution >= 4 is 0 Å². The van der Waals surface area contributed by atoms with Crippen molar-refractivity contribution in [3.8, 4) is 6.07 Å². The highest BCUT2D eigenvalue weighted by molar-refractivity contribution is 5.27. The summed E-state index contributed by atoms with van der Waals surface area (Å²) in [7, 11) is 0. The van der Waals surface area contributed by atoms with E-state index in [1.807, 2.05) is 36.4 Å². The maximum Gasteiger partial charge on any atom is 0.101 e. The smallest absolute Gasteiger partial charge is 0.101 e. The molecule has 0 aromatic heterocycles. The van der Waals surface area contributed by atoms with Crippen LogP contribution in [0.1, 0.15) is 18.6 Å². The zero-order chi connectivity index (χ0) is 9.68. The van der Waals surface area contributed by atoms with Crippen molar-refractivity contribution in [1.82, 2.24) is 0 Å². The molecule has 1 aromatic carbocycles. The first kappa shape index (κ1) is 9.50. The average Bonchev–Trinajstić information content (AvgIpc) is 2.18. The number of nitriles is 1. The Morgan fingerprint density at radius 1 is 1.46 bits per heavy atom. The van der Waals surface area contributed by atoms with Gasteiger partial charge in [0, 0.05) is 6.08 Å². The van der Waals surface area contributed by atoms with Crippen LogP contribution in [0.2, 0.25) is 0 Å². The molecule has 0 aliphatic rings. The molecule has 1 atom stereocenters. The standard InChI is InChI=1S/C11H11NO/c1-9(7-8-12)11(13)10-5-3-2-4-6-10/h2-7,11,13H,1H3/b9-7+. The quantitative estimate of drug-likeness (QED) is 0.696. The van der Waals surface area contributed by atoms with E-state index >= 15 is 0 Å². The molecule has 1 aromatic rings. The fourth-order valence-electron chi connectivity index (χ4n) is 1.08. The summed E-state index contributed by atoms with van der Waals surface area (Å²) in [6, 6.07) is 11.2. The molecule has 0 bridgehead atoms. The van der Waals surface area contributed by atoms with E-state index in [0.717, 1.165) is 5.56 Å². The molecule has 2 nitrogen and oxygen atoms in total. The van der Waals surface area contributed by atoms with Gasteiger partial charge in [-0.15, -0.1) is 0 Å². The fraction of sp³-hybridized carbons (Fsp3) is 0.182. The molecule has 0 spiro atoms. The van der Waals surface area contributed by atoms with Gasteiger partial charge in [-0.1, -0.05) is 30.3 Å². The number of rotatable bonds is 2. The minimum absolute atomic E-state index is 0.661. The number of hydrogen-bond acceptors (Lipinski definition) is 2. The monoisotopic (exact) mass is 173 g/mol. The predicted octanol–water partition coefficient (Wildman–Crippen LogP) is 2.19. The normalized spacial score (nSPS) is 13.5. The van der Waals surface area contributed by atoms with E-state index < -0.39 is 6.10 Å². The average molecular weight is 173 g/mol. The van der Waals surface area contributed by atoms with Gasteiger partial charge in [0.05, 0.1) is 6.07 Å². The van der Waals surface area contributed by atoms with Crippen molar-refractivity contribution < 1.29 is 5.11 Å². The van der Waals surface area contributed by atoms with E-state index in [1.54, 1.807) is 6.92 Å². The molecule has 2 heteroatoms. The molecule has 0 saturated carbocycles. The van der Waals surface area contributed by atoms with Gasteiger partial charge in [-0.3, -0.25) is 0 Å². The minimum Gasteiger partial charge on any atom is -0.384 e. The molecule has 0 saturated heterocycles. The van der Waals surface area contributed by atoms with Crippen LogP contribution in [-0.2, 0) is 0 Å². The van der Waals surface area contributed by atoms with Gasteiger partial charge in [0.25, 0.3) is 0 Å². The summed E-state index contributed by atoms with van der Waals surface area (Å²) in [6.07, 6.45) is 0.693. The van der Waals surface area contributed by atoms with E-state index in [0.29, 0.717) is 5.57 Å². The number of aliphatic hydroxyl groups is 1. The van der Waals surface area contributed by atoms with Crippen LogP contribution in [0.5, 0.6) is 0 Å². The minimum atomic E-state index is -0.666. The van der Waals surface area contributed by atoms with Crippen molar-refractivity contribution in [3.05, 3.63) is 47.5 Å². The highest BCUT2D eigenvalue weighted by Crippen LogP contribution is 2.19. The van der Waals surface area contributed by atoms with Crippen LogP contribution in [0.25, 0.3) is 0 Å². The summed E-state index contributed by atoms with van der Waals surface area (Å²) < 4.78 is 0. The molecule has 0 fully saturated rings. The maximum absolute atomic E-state index is 9.70. The summed E-state index contributed by atoms with van der Waals surface area (Å²) in [6.45, 7) is 1.74. The lowest BCUT2D eigenvalue weighted by atomic mass is 10.0. The van der Waals surface area contributed by atoms with E-state index in [4.69, 9.17) is 5.26 Å². The Labute approximate surface area is 77.8 Å². The van der Waals surface area contributed by atoms with Gasteiger partial charge < -0.3 is 5.11 Å². The molecule has 0 heterocycles. The predicted molar refractivity (Wildman–Crippen MR) is 50.8 cm³/mol. The Bertz CT molecular complexity index is 335. The van der Waals surface area contributed by atoms with Gasteiger partial charge in [0.2, 0.25) is 0 Å². The number of aliphatic hydroxyl groups excluding tert-OH is 1. The Morgan fingerprint density at radius 3 is 2.62 bits per heavy atom.